The minimum atomic E-state index is 0.272. The lowest BCUT2D eigenvalue weighted by Gasteiger charge is -2.23. The average molecular weight is 269 g/mol. The van der Waals surface area contributed by atoms with Gasteiger partial charge in [0, 0.05) is 5.69 Å². The highest BCUT2D eigenvalue weighted by atomic mass is 16.6. The van der Waals surface area contributed by atoms with E-state index in [-0.39, 0.29) is 6.04 Å². The maximum absolute atomic E-state index is 5.66. The zero-order valence-electron chi connectivity index (χ0n) is 11.6. The molecule has 1 aliphatic rings. The highest BCUT2D eigenvalue weighted by molar-refractivity contribution is 5.49. The molecular formula is C17H19NO2. The van der Waals surface area contributed by atoms with Crippen molar-refractivity contribution in [2.45, 2.75) is 19.4 Å². The predicted octanol–water partition coefficient (Wildman–Crippen LogP) is 4.02. The van der Waals surface area contributed by atoms with Gasteiger partial charge in [0.2, 0.25) is 0 Å². The Labute approximate surface area is 119 Å². The van der Waals surface area contributed by atoms with E-state index in [2.05, 4.69) is 36.5 Å². The molecule has 1 aliphatic heterocycles. The van der Waals surface area contributed by atoms with Gasteiger partial charge in [0.1, 0.15) is 13.2 Å². The Bertz CT molecular complexity index is 568. The second-order valence-corrected chi connectivity index (χ2v) is 4.87. The van der Waals surface area contributed by atoms with Crippen LogP contribution in [-0.2, 0) is 0 Å². The monoisotopic (exact) mass is 269 g/mol. The van der Waals surface area contributed by atoms with Gasteiger partial charge in [-0.05, 0) is 36.2 Å². The number of benzene rings is 2. The predicted molar refractivity (Wildman–Crippen MR) is 80.5 cm³/mol. The maximum Gasteiger partial charge on any atom is 0.161 e. The van der Waals surface area contributed by atoms with Crippen LogP contribution in [0, 0.1) is 0 Å². The summed E-state index contributed by atoms with van der Waals surface area (Å²) in [4.78, 5) is 0. The summed E-state index contributed by atoms with van der Waals surface area (Å²) in [5.41, 5.74) is 2.36. The minimum absolute atomic E-state index is 0.272. The van der Waals surface area contributed by atoms with Crippen LogP contribution in [0.1, 0.15) is 24.9 Å². The maximum atomic E-state index is 5.66. The summed E-state index contributed by atoms with van der Waals surface area (Å²) < 4.78 is 11.2. The molecule has 1 heterocycles. The first-order valence-electron chi connectivity index (χ1n) is 7.08. The van der Waals surface area contributed by atoms with Crippen molar-refractivity contribution >= 4 is 5.69 Å². The smallest absolute Gasteiger partial charge is 0.161 e. The minimum Gasteiger partial charge on any atom is -0.486 e. The fourth-order valence-electron chi connectivity index (χ4n) is 2.43. The Hall–Kier alpha value is -2.16. The fraction of sp³-hybridized carbons (Fsp3) is 0.294. The Kier molecular flexibility index (Phi) is 3.77. The number of para-hydroxylation sites is 1. The van der Waals surface area contributed by atoms with Crippen LogP contribution in [0.15, 0.2) is 48.5 Å². The molecule has 3 nitrogen and oxygen atoms in total. The Balaban J connectivity index is 1.82. The molecule has 20 heavy (non-hydrogen) atoms. The molecule has 1 unspecified atom stereocenters. The van der Waals surface area contributed by atoms with Crippen LogP contribution in [0.4, 0.5) is 5.69 Å². The molecule has 0 aliphatic carbocycles. The number of nitrogens with one attached hydrogen (secondary N) is 1. The molecule has 1 atom stereocenters. The second kappa shape index (κ2) is 5.87. The summed E-state index contributed by atoms with van der Waals surface area (Å²) in [6, 6.07) is 16.7. The molecule has 1 N–H and O–H groups in total. The summed E-state index contributed by atoms with van der Waals surface area (Å²) in [6.07, 6.45) is 1.01. The summed E-state index contributed by atoms with van der Waals surface area (Å²) in [5.74, 6) is 1.69. The summed E-state index contributed by atoms with van der Waals surface area (Å²) in [7, 11) is 0. The average Bonchev–Trinajstić information content (AvgIpc) is 2.53. The van der Waals surface area contributed by atoms with Crippen molar-refractivity contribution in [3.63, 3.8) is 0 Å². The van der Waals surface area contributed by atoms with Crippen LogP contribution in [0.25, 0.3) is 0 Å². The van der Waals surface area contributed by atoms with Gasteiger partial charge in [-0.25, -0.2) is 0 Å². The number of rotatable bonds is 4. The van der Waals surface area contributed by atoms with Crippen molar-refractivity contribution in [1.29, 1.82) is 0 Å². The largest absolute Gasteiger partial charge is 0.486 e. The SMILES string of the molecule is CCC(Nc1ccccc1)c1ccc2c(c1)OCCO2. The van der Waals surface area contributed by atoms with Crippen LogP contribution in [0.3, 0.4) is 0 Å². The summed E-state index contributed by atoms with van der Waals surface area (Å²) in [6.45, 7) is 3.43. The standard InChI is InChI=1S/C17H19NO2/c1-2-15(18-14-6-4-3-5-7-14)13-8-9-16-17(12-13)20-11-10-19-16/h3-9,12,15,18H,2,10-11H2,1H3. The second-order valence-electron chi connectivity index (χ2n) is 4.87. The van der Waals surface area contributed by atoms with E-state index >= 15 is 0 Å². The molecule has 0 saturated heterocycles. The highest BCUT2D eigenvalue weighted by Gasteiger charge is 2.15. The molecule has 0 fully saturated rings. The van der Waals surface area contributed by atoms with Crippen LogP contribution in [0.2, 0.25) is 0 Å². The first-order valence-corrected chi connectivity index (χ1v) is 7.08. The molecule has 0 radical (unpaired) electrons. The van der Waals surface area contributed by atoms with E-state index in [1.165, 1.54) is 5.56 Å². The third-order valence-electron chi connectivity index (χ3n) is 3.49. The topological polar surface area (TPSA) is 30.5 Å². The van der Waals surface area contributed by atoms with Gasteiger partial charge in [-0.15, -0.1) is 0 Å². The molecule has 3 heteroatoms. The van der Waals surface area contributed by atoms with Gasteiger partial charge in [0.05, 0.1) is 6.04 Å². The van der Waals surface area contributed by atoms with Crippen molar-refractivity contribution in [1.82, 2.24) is 0 Å². The van der Waals surface area contributed by atoms with Gasteiger partial charge in [0.25, 0.3) is 0 Å². The Morgan fingerprint density at radius 2 is 1.75 bits per heavy atom. The van der Waals surface area contributed by atoms with Gasteiger partial charge in [-0.3, -0.25) is 0 Å². The summed E-state index contributed by atoms with van der Waals surface area (Å²) in [5, 5.41) is 3.56. The van der Waals surface area contributed by atoms with Crippen molar-refractivity contribution in [3.05, 3.63) is 54.1 Å². The lowest BCUT2D eigenvalue weighted by Crippen LogP contribution is -2.16. The zero-order chi connectivity index (χ0) is 13.8. The number of hydrogen-bond donors (Lipinski definition) is 1. The molecule has 0 amide bonds. The number of ether oxygens (including phenoxy) is 2. The molecule has 3 rings (SSSR count). The molecule has 0 saturated carbocycles. The Morgan fingerprint density at radius 1 is 1.00 bits per heavy atom. The van der Waals surface area contributed by atoms with Crippen molar-refractivity contribution in [2.24, 2.45) is 0 Å². The van der Waals surface area contributed by atoms with Crippen LogP contribution >= 0.6 is 0 Å². The van der Waals surface area contributed by atoms with E-state index in [9.17, 15) is 0 Å². The van der Waals surface area contributed by atoms with Crippen molar-refractivity contribution in [2.75, 3.05) is 18.5 Å². The number of fused-ring (bicyclic) bond motifs is 1. The van der Waals surface area contributed by atoms with Gasteiger partial charge in [-0.2, -0.15) is 0 Å². The third kappa shape index (κ3) is 2.72. The molecule has 0 bridgehead atoms. The first kappa shape index (κ1) is 12.9. The molecule has 0 aromatic heterocycles. The molecule has 2 aromatic rings. The quantitative estimate of drug-likeness (QED) is 0.909. The Morgan fingerprint density at radius 3 is 2.50 bits per heavy atom. The van der Waals surface area contributed by atoms with E-state index in [4.69, 9.17) is 9.47 Å². The summed E-state index contributed by atoms with van der Waals surface area (Å²) >= 11 is 0. The third-order valence-corrected chi connectivity index (χ3v) is 3.49. The lowest BCUT2D eigenvalue weighted by atomic mass is 10.0. The van der Waals surface area contributed by atoms with E-state index in [1.807, 2.05) is 24.3 Å². The van der Waals surface area contributed by atoms with Crippen molar-refractivity contribution < 1.29 is 9.47 Å². The molecule has 104 valence electrons. The van der Waals surface area contributed by atoms with Gasteiger partial charge in [0.15, 0.2) is 11.5 Å². The van der Waals surface area contributed by atoms with Gasteiger partial charge in [-0.1, -0.05) is 31.2 Å². The van der Waals surface area contributed by atoms with E-state index in [1.54, 1.807) is 0 Å². The van der Waals surface area contributed by atoms with Gasteiger partial charge < -0.3 is 14.8 Å². The zero-order valence-corrected chi connectivity index (χ0v) is 11.6. The van der Waals surface area contributed by atoms with Gasteiger partial charge >= 0.3 is 0 Å². The fourth-order valence-corrected chi connectivity index (χ4v) is 2.43. The number of anilines is 1. The van der Waals surface area contributed by atoms with Crippen LogP contribution in [0.5, 0.6) is 11.5 Å². The molecular weight excluding hydrogens is 250 g/mol. The normalized spacial score (nSPS) is 14.7. The van der Waals surface area contributed by atoms with E-state index in [0.717, 1.165) is 23.6 Å². The molecule has 2 aromatic carbocycles. The molecule has 0 spiro atoms. The van der Waals surface area contributed by atoms with Crippen LogP contribution in [-0.4, -0.2) is 13.2 Å². The van der Waals surface area contributed by atoms with Crippen molar-refractivity contribution in [3.8, 4) is 11.5 Å². The van der Waals surface area contributed by atoms with Crippen LogP contribution < -0.4 is 14.8 Å². The van der Waals surface area contributed by atoms with E-state index < -0.39 is 0 Å². The number of hydrogen-bond acceptors (Lipinski definition) is 3. The van der Waals surface area contributed by atoms with E-state index in [0.29, 0.717) is 13.2 Å². The first-order chi connectivity index (χ1) is 9.86. The lowest BCUT2D eigenvalue weighted by molar-refractivity contribution is 0.171. The highest BCUT2D eigenvalue weighted by Crippen LogP contribution is 2.34.